The molecule has 0 unspecified atom stereocenters. The summed E-state index contributed by atoms with van der Waals surface area (Å²) in [5.41, 5.74) is -0.349. The second-order valence-corrected chi connectivity index (χ2v) is 5.83. The SMILES string of the molecule is C#C[C@@H](c1ccc(Br)cc1)C1(OC)C(OC)=CC(=O)C=C1OC. The Labute approximate surface area is 144 Å². The van der Waals surface area contributed by atoms with Gasteiger partial charge in [-0.25, -0.2) is 0 Å². The molecule has 4 nitrogen and oxygen atoms in total. The molecule has 0 aliphatic heterocycles. The first kappa shape index (κ1) is 17.3. The highest BCUT2D eigenvalue weighted by molar-refractivity contribution is 9.10. The predicted octanol–water partition coefficient (Wildman–Crippen LogP) is 3.19. The Morgan fingerprint density at radius 3 is 2.00 bits per heavy atom. The van der Waals surface area contributed by atoms with E-state index in [2.05, 4.69) is 21.9 Å². The molecule has 0 fully saturated rings. The first-order valence-electron chi connectivity index (χ1n) is 6.86. The zero-order valence-electron chi connectivity index (χ0n) is 13.1. The molecule has 0 bridgehead atoms. The van der Waals surface area contributed by atoms with Gasteiger partial charge in [0.1, 0.15) is 11.5 Å². The number of terminal acetylenes is 1. The predicted molar refractivity (Wildman–Crippen MR) is 90.6 cm³/mol. The fourth-order valence-electron chi connectivity index (χ4n) is 2.76. The summed E-state index contributed by atoms with van der Waals surface area (Å²) in [5, 5.41) is 0. The Balaban J connectivity index is 2.66. The van der Waals surface area contributed by atoms with E-state index in [0.29, 0.717) is 11.5 Å². The summed E-state index contributed by atoms with van der Waals surface area (Å²) in [6, 6.07) is 7.57. The Hall–Kier alpha value is -2.03. The number of ketones is 1. The number of hydrogen-bond donors (Lipinski definition) is 0. The minimum Gasteiger partial charge on any atom is -0.497 e. The van der Waals surface area contributed by atoms with Crippen molar-refractivity contribution in [1.82, 2.24) is 0 Å². The molecular weight excluding hydrogens is 360 g/mol. The molecule has 1 atom stereocenters. The van der Waals surface area contributed by atoms with E-state index in [4.69, 9.17) is 20.6 Å². The summed E-state index contributed by atoms with van der Waals surface area (Å²) in [6.07, 6.45) is 8.55. The molecule has 0 aromatic heterocycles. The Morgan fingerprint density at radius 2 is 1.61 bits per heavy atom. The molecule has 0 radical (unpaired) electrons. The lowest BCUT2D eigenvalue weighted by Crippen LogP contribution is -2.45. The van der Waals surface area contributed by atoms with Crippen LogP contribution < -0.4 is 0 Å². The van der Waals surface area contributed by atoms with Crippen LogP contribution in [0.5, 0.6) is 0 Å². The van der Waals surface area contributed by atoms with Crippen LogP contribution in [0.15, 0.2) is 52.4 Å². The molecule has 0 spiro atoms. The quantitative estimate of drug-likeness (QED) is 0.740. The Kier molecular flexibility index (Phi) is 5.30. The minimum atomic E-state index is -1.19. The fraction of sp³-hybridized carbons (Fsp3) is 0.278. The van der Waals surface area contributed by atoms with Crippen molar-refractivity contribution in [3.8, 4) is 12.3 Å². The van der Waals surface area contributed by atoms with Crippen LogP contribution in [0.3, 0.4) is 0 Å². The maximum atomic E-state index is 11.9. The van der Waals surface area contributed by atoms with Crippen LogP contribution in [0.1, 0.15) is 11.5 Å². The molecule has 23 heavy (non-hydrogen) atoms. The molecular formula is C18H17BrO4. The van der Waals surface area contributed by atoms with E-state index in [-0.39, 0.29) is 5.78 Å². The van der Waals surface area contributed by atoms with Gasteiger partial charge < -0.3 is 14.2 Å². The van der Waals surface area contributed by atoms with Gasteiger partial charge in [0.2, 0.25) is 0 Å². The number of allylic oxidation sites excluding steroid dienone is 2. The van der Waals surface area contributed by atoms with Crippen molar-refractivity contribution in [2.75, 3.05) is 21.3 Å². The van der Waals surface area contributed by atoms with Gasteiger partial charge in [0.15, 0.2) is 11.4 Å². The average molecular weight is 377 g/mol. The monoisotopic (exact) mass is 376 g/mol. The van der Waals surface area contributed by atoms with Crippen LogP contribution in [-0.2, 0) is 19.0 Å². The maximum Gasteiger partial charge on any atom is 0.199 e. The lowest BCUT2D eigenvalue weighted by molar-refractivity contribution is -0.112. The van der Waals surface area contributed by atoms with Crippen LogP contribution >= 0.6 is 15.9 Å². The topological polar surface area (TPSA) is 44.8 Å². The van der Waals surface area contributed by atoms with Gasteiger partial charge in [-0.3, -0.25) is 4.79 Å². The lowest BCUT2D eigenvalue weighted by atomic mass is 9.76. The average Bonchev–Trinajstić information content (AvgIpc) is 2.57. The maximum absolute atomic E-state index is 11.9. The van der Waals surface area contributed by atoms with Gasteiger partial charge in [-0.1, -0.05) is 34.0 Å². The molecule has 2 rings (SSSR count). The molecule has 1 aliphatic rings. The second-order valence-electron chi connectivity index (χ2n) is 4.92. The number of methoxy groups -OCH3 is 3. The molecule has 0 amide bonds. The van der Waals surface area contributed by atoms with Gasteiger partial charge in [-0.15, -0.1) is 6.42 Å². The second kappa shape index (κ2) is 7.03. The standard InChI is InChI=1S/C18H17BrO4/c1-5-15(12-6-8-13(19)9-7-12)18(23-4)16(21-2)10-14(20)11-17(18)22-3/h1,6-11,15H,2-4H3/t15-/m0/s1. The first-order valence-corrected chi connectivity index (χ1v) is 7.65. The summed E-state index contributed by atoms with van der Waals surface area (Å²) in [6.45, 7) is 0. The van der Waals surface area contributed by atoms with Crippen LogP contribution in [0.2, 0.25) is 0 Å². The number of carbonyl (C=O) groups is 1. The summed E-state index contributed by atoms with van der Waals surface area (Å²) < 4.78 is 17.6. The molecule has 1 aromatic rings. The Morgan fingerprint density at radius 1 is 1.09 bits per heavy atom. The van der Waals surface area contributed by atoms with Gasteiger partial charge in [0.05, 0.1) is 20.1 Å². The van der Waals surface area contributed by atoms with Gasteiger partial charge in [-0.2, -0.15) is 0 Å². The number of ether oxygens (including phenoxy) is 3. The third kappa shape index (κ3) is 2.92. The smallest absolute Gasteiger partial charge is 0.199 e. The van der Waals surface area contributed by atoms with E-state index < -0.39 is 11.5 Å². The third-order valence-corrected chi connectivity index (χ3v) is 4.35. The number of rotatable bonds is 5. The molecule has 5 heteroatoms. The summed E-state index contributed by atoms with van der Waals surface area (Å²) >= 11 is 3.40. The van der Waals surface area contributed by atoms with E-state index in [1.54, 1.807) is 0 Å². The highest BCUT2D eigenvalue weighted by atomic mass is 79.9. The molecule has 0 heterocycles. The number of carbonyl (C=O) groups excluding carboxylic acids is 1. The summed E-state index contributed by atoms with van der Waals surface area (Å²) in [4.78, 5) is 11.9. The highest BCUT2D eigenvalue weighted by Gasteiger charge is 2.51. The zero-order chi connectivity index (χ0) is 17.0. The van der Waals surface area contributed by atoms with Crippen molar-refractivity contribution >= 4 is 21.7 Å². The van der Waals surface area contributed by atoms with Gasteiger partial charge in [0, 0.05) is 23.7 Å². The minimum absolute atomic E-state index is 0.238. The van der Waals surface area contributed by atoms with Crippen molar-refractivity contribution in [2.24, 2.45) is 0 Å². The molecule has 1 aromatic carbocycles. The van der Waals surface area contributed by atoms with Crippen molar-refractivity contribution in [3.05, 3.63) is 58.0 Å². The van der Waals surface area contributed by atoms with Crippen LogP contribution in [0.25, 0.3) is 0 Å². The molecule has 0 saturated heterocycles. The lowest BCUT2D eigenvalue weighted by Gasteiger charge is -2.40. The third-order valence-electron chi connectivity index (χ3n) is 3.82. The zero-order valence-corrected chi connectivity index (χ0v) is 14.7. The Bertz CT molecular complexity index is 671. The highest BCUT2D eigenvalue weighted by Crippen LogP contribution is 2.44. The number of hydrogen-bond acceptors (Lipinski definition) is 4. The normalized spacial score (nSPS) is 17.6. The number of benzene rings is 1. The van der Waals surface area contributed by atoms with Gasteiger partial charge >= 0.3 is 0 Å². The van der Waals surface area contributed by atoms with Crippen molar-refractivity contribution in [2.45, 2.75) is 11.5 Å². The van der Waals surface area contributed by atoms with Crippen LogP contribution in [0, 0.1) is 12.3 Å². The van der Waals surface area contributed by atoms with Gasteiger partial charge in [-0.05, 0) is 17.7 Å². The molecule has 0 saturated carbocycles. The summed E-state index contributed by atoms with van der Waals surface area (Å²) in [7, 11) is 4.46. The first-order chi connectivity index (χ1) is 11.0. The van der Waals surface area contributed by atoms with E-state index in [0.717, 1.165) is 10.0 Å². The van der Waals surface area contributed by atoms with E-state index in [1.165, 1.54) is 33.5 Å². The van der Waals surface area contributed by atoms with Crippen LogP contribution in [0.4, 0.5) is 0 Å². The van der Waals surface area contributed by atoms with Crippen molar-refractivity contribution < 1.29 is 19.0 Å². The van der Waals surface area contributed by atoms with Crippen molar-refractivity contribution in [3.63, 3.8) is 0 Å². The van der Waals surface area contributed by atoms with Crippen LogP contribution in [-0.4, -0.2) is 32.7 Å². The molecule has 0 N–H and O–H groups in total. The van der Waals surface area contributed by atoms with E-state index in [1.807, 2.05) is 24.3 Å². The summed E-state index contributed by atoms with van der Waals surface area (Å²) in [5.74, 6) is 2.61. The molecule has 1 aliphatic carbocycles. The molecule has 120 valence electrons. The van der Waals surface area contributed by atoms with E-state index >= 15 is 0 Å². The largest absolute Gasteiger partial charge is 0.497 e. The number of halogens is 1. The van der Waals surface area contributed by atoms with Crippen molar-refractivity contribution in [1.29, 1.82) is 0 Å². The van der Waals surface area contributed by atoms with Gasteiger partial charge in [0.25, 0.3) is 0 Å². The van der Waals surface area contributed by atoms with E-state index in [9.17, 15) is 4.79 Å². The fourth-order valence-corrected chi connectivity index (χ4v) is 3.03.